The van der Waals surface area contributed by atoms with Crippen LogP contribution in [0.2, 0.25) is 0 Å². The van der Waals surface area contributed by atoms with Crippen LogP contribution in [0, 0.1) is 13.8 Å². The summed E-state index contributed by atoms with van der Waals surface area (Å²) < 4.78 is 80.0. The standard InChI is InChI=1S/C19H18F6/c1-10(2)15-7-12(4)8-16(19(23,24)25)17(15)13-5-11(3)6-14(9-13)18(20,21)22/h5-10H,1-4H3. The molecule has 2 aromatic carbocycles. The molecule has 0 bridgehead atoms. The Hall–Kier alpha value is -1.98. The van der Waals surface area contributed by atoms with Gasteiger partial charge in [-0.1, -0.05) is 31.5 Å². The fraction of sp³-hybridized carbons (Fsp3) is 0.368. The number of benzene rings is 2. The van der Waals surface area contributed by atoms with Crippen LogP contribution in [-0.2, 0) is 12.4 Å². The molecule has 2 rings (SSSR count). The summed E-state index contributed by atoms with van der Waals surface area (Å²) in [5, 5.41) is 0. The van der Waals surface area contributed by atoms with E-state index in [1.807, 2.05) is 0 Å². The molecule has 0 aliphatic heterocycles. The molecule has 2 aromatic rings. The summed E-state index contributed by atoms with van der Waals surface area (Å²) in [5.74, 6) is -0.272. The molecule has 0 atom stereocenters. The third-order valence-electron chi connectivity index (χ3n) is 3.93. The van der Waals surface area contributed by atoms with Crippen LogP contribution in [0.1, 0.15) is 47.6 Å². The van der Waals surface area contributed by atoms with Gasteiger partial charge in [0.15, 0.2) is 0 Å². The van der Waals surface area contributed by atoms with Gasteiger partial charge in [-0.05, 0) is 60.2 Å². The zero-order chi connectivity index (χ0) is 19.2. The van der Waals surface area contributed by atoms with Gasteiger partial charge in [0.25, 0.3) is 0 Å². The van der Waals surface area contributed by atoms with Crippen LogP contribution in [-0.4, -0.2) is 0 Å². The van der Waals surface area contributed by atoms with E-state index in [2.05, 4.69) is 0 Å². The lowest BCUT2D eigenvalue weighted by molar-refractivity contribution is -0.137. The predicted octanol–water partition coefficient (Wildman–Crippen LogP) is 7.13. The SMILES string of the molecule is Cc1cc(-c2c(C(C)C)cc(C)cc2C(F)(F)F)cc(C(F)(F)F)c1. The fourth-order valence-electron chi connectivity index (χ4n) is 2.91. The maximum Gasteiger partial charge on any atom is 0.417 e. The molecule has 25 heavy (non-hydrogen) atoms. The first-order valence-electron chi connectivity index (χ1n) is 7.71. The van der Waals surface area contributed by atoms with Crippen molar-refractivity contribution in [2.75, 3.05) is 0 Å². The lowest BCUT2D eigenvalue weighted by atomic mass is 9.86. The Morgan fingerprint density at radius 1 is 0.720 bits per heavy atom. The molecule has 0 saturated heterocycles. The predicted molar refractivity (Wildman–Crippen MR) is 85.4 cm³/mol. The molecule has 0 fully saturated rings. The van der Waals surface area contributed by atoms with Crippen molar-refractivity contribution in [2.45, 2.75) is 46.0 Å². The molecule has 0 aromatic heterocycles. The highest BCUT2D eigenvalue weighted by molar-refractivity contribution is 5.74. The largest absolute Gasteiger partial charge is 0.417 e. The van der Waals surface area contributed by atoms with Crippen molar-refractivity contribution in [3.8, 4) is 11.1 Å². The molecule has 0 aliphatic carbocycles. The number of halogens is 6. The Morgan fingerprint density at radius 2 is 1.28 bits per heavy atom. The van der Waals surface area contributed by atoms with E-state index in [1.165, 1.54) is 13.0 Å². The molecular formula is C19H18F6. The second-order valence-electron chi connectivity index (χ2n) is 6.51. The van der Waals surface area contributed by atoms with Gasteiger partial charge in [0.05, 0.1) is 11.1 Å². The number of aryl methyl sites for hydroxylation is 2. The second kappa shape index (κ2) is 6.39. The molecule has 136 valence electrons. The van der Waals surface area contributed by atoms with E-state index in [-0.39, 0.29) is 22.6 Å². The van der Waals surface area contributed by atoms with Crippen LogP contribution in [0.3, 0.4) is 0 Å². The Bertz CT molecular complexity index is 782. The molecule has 0 nitrogen and oxygen atoms in total. The molecule has 0 amide bonds. The van der Waals surface area contributed by atoms with Crippen molar-refractivity contribution < 1.29 is 26.3 Å². The van der Waals surface area contributed by atoms with Gasteiger partial charge in [-0.25, -0.2) is 0 Å². The minimum absolute atomic E-state index is 0.0663. The van der Waals surface area contributed by atoms with E-state index in [9.17, 15) is 26.3 Å². The normalized spacial score (nSPS) is 12.8. The van der Waals surface area contributed by atoms with Crippen molar-refractivity contribution in [3.05, 3.63) is 58.1 Å². The smallest absolute Gasteiger partial charge is 0.166 e. The van der Waals surface area contributed by atoms with Crippen LogP contribution in [0.15, 0.2) is 30.3 Å². The van der Waals surface area contributed by atoms with Gasteiger partial charge in [0.2, 0.25) is 0 Å². The van der Waals surface area contributed by atoms with Crippen molar-refractivity contribution in [2.24, 2.45) is 0 Å². The number of hydrogen-bond acceptors (Lipinski definition) is 0. The third-order valence-corrected chi connectivity index (χ3v) is 3.93. The average molecular weight is 360 g/mol. The Labute approximate surface area is 142 Å². The number of hydrogen-bond donors (Lipinski definition) is 0. The number of alkyl halides is 6. The van der Waals surface area contributed by atoms with Crippen LogP contribution >= 0.6 is 0 Å². The lowest BCUT2D eigenvalue weighted by Gasteiger charge is -2.22. The van der Waals surface area contributed by atoms with Gasteiger partial charge >= 0.3 is 12.4 Å². The van der Waals surface area contributed by atoms with E-state index in [1.54, 1.807) is 26.8 Å². The van der Waals surface area contributed by atoms with E-state index in [0.717, 1.165) is 18.2 Å². The third kappa shape index (κ3) is 4.17. The zero-order valence-electron chi connectivity index (χ0n) is 14.2. The Kier molecular flexibility index (Phi) is 4.94. The first kappa shape index (κ1) is 19.3. The minimum atomic E-state index is -4.66. The summed E-state index contributed by atoms with van der Waals surface area (Å²) >= 11 is 0. The maximum atomic E-state index is 13.6. The average Bonchev–Trinajstić information content (AvgIpc) is 2.43. The second-order valence-corrected chi connectivity index (χ2v) is 6.51. The van der Waals surface area contributed by atoms with Crippen molar-refractivity contribution >= 4 is 0 Å². The quantitative estimate of drug-likeness (QED) is 0.500. The topological polar surface area (TPSA) is 0 Å². The summed E-state index contributed by atoms with van der Waals surface area (Å²) in [6.07, 6.45) is -9.28. The molecule has 0 aliphatic rings. The van der Waals surface area contributed by atoms with Gasteiger partial charge in [-0.2, -0.15) is 26.3 Å². The van der Waals surface area contributed by atoms with E-state index < -0.39 is 23.5 Å². The highest BCUT2D eigenvalue weighted by Crippen LogP contribution is 2.43. The lowest BCUT2D eigenvalue weighted by Crippen LogP contribution is -2.11. The van der Waals surface area contributed by atoms with Crippen molar-refractivity contribution in [1.82, 2.24) is 0 Å². The van der Waals surface area contributed by atoms with Gasteiger partial charge in [-0.15, -0.1) is 0 Å². The van der Waals surface area contributed by atoms with E-state index in [4.69, 9.17) is 0 Å². The Balaban J connectivity index is 2.89. The van der Waals surface area contributed by atoms with Crippen LogP contribution < -0.4 is 0 Å². The van der Waals surface area contributed by atoms with Crippen LogP contribution in [0.25, 0.3) is 11.1 Å². The molecular weight excluding hydrogens is 342 g/mol. The van der Waals surface area contributed by atoms with Crippen molar-refractivity contribution in [3.63, 3.8) is 0 Å². The summed E-state index contributed by atoms with van der Waals surface area (Å²) in [6, 6.07) is 5.67. The van der Waals surface area contributed by atoms with Gasteiger partial charge < -0.3 is 0 Å². The van der Waals surface area contributed by atoms with Crippen molar-refractivity contribution in [1.29, 1.82) is 0 Å². The molecule has 0 radical (unpaired) electrons. The zero-order valence-corrected chi connectivity index (χ0v) is 14.2. The fourth-order valence-corrected chi connectivity index (χ4v) is 2.91. The molecule has 0 N–H and O–H groups in total. The molecule has 0 spiro atoms. The summed E-state index contributed by atoms with van der Waals surface area (Å²) in [7, 11) is 0. The minimum Gasteiger partial charge on any atom is -0.166 e. The van der Waals surface area contributed by atoms with E-state index >= 15 is 0 Å². The summed E-state index contributed by atoms with van der Waals surface area (Å²) in [4.78, 5) is 0. The maximum absolute atomic E-state index is 13.6. The molecule has 0 unspecified atom stereocenters. The van der Waals surface area contributed by atoms with Crippen LogP contribution in [0.5, 0.6) is 0 Å². The highest BCUT2D eigenvalue weighted by Gasteiger charge is 2.37. The van der Waals surface area contributed by atoms with Crippen LogP contribution in [0.4, 0.5) is 26.3 Å². The summed E-state index contributed by atoms with van der Waals surface area (Å²) in [5.41, 5.74) is -1.05. The number of rotatable bonds is 2. The molecule has 6 heteroatoms. The summed E-state index contributed by atoms with van der Waals surface area (Å²) in [6.45, 7) is 6.43. The van der Waals surface area contributed by atoms with Gasteiger partial charge in [0.1, 0.15) is 0 Å². The molecule has 0 heterocycles. The monoisotopic (exact) mass is 360 g/mol. The molecule has 0 saturated carbocycles. The van der Waals surface area contributed by atoms with E-state index in [0.29, 0.717) is 11.1 Å². The first-order chi connectivity index (χ1) is 11.3. The Morgan fingerprint density at radius 3 is 1.76 bits per heavy atom. The first-order valence-corrected chi connectivity index (χ1v) is 7.71. The van der Waals surface area contributed by atoms with Gasteiger partial charge in [0, 0.05) is 0 Å². The van der Waals surface area contributed by atoms with Gasteiger partial charge in [-0.3, -0.25) is 0 Å². The highest BCUT2D eigenvalue weighted by atomic mass is 19.4.